The van der Waals surface area contributed by atoms with Gasteiger partial charge in [0, 0.05) is 11.6 Å². The molecule has 2 aromatic rings. The Labute approximate surface area is 125 Å². The van der Waals surface area contributed by atoms with Crippen molar-refractivity contribution in [3.8, 4) is 11.5 Å². The largest absolute Gasteiger partial charge is 0.497 e. The minimum absolute atomic E-state index is 0.722. The van der Waals surface area contributed by atoms with Gasteiger partial charge in [0.05, 0.1) is 26.1 Å². The summed E-state index contributed by atoms with van der Waals surface area (Å²) in [4.78, 5) is 0. The second-order valence-corrected chi connectivity index (χ2v) is 4.78. The van der Waals surface area contributed by atoms with E-state index in [9.17, 15) is 0 Å². The Balaban J connectivity index is 2.12. The fourth-order valence-corrected chi connectivity index (χ4v) is 1.91. The maximum Gasteiger partial charge on any atom is 0.131 e. The first-order valence-corrected chi connectivity index (χ1v) is 6.72. The van der Waals surface area contributed by atoms with E-state index < -0.39 is 0 Å². The first-order valence-electron chi connectivity index (χ1n) is 6.72. The van der Waals surface area contributed by atoms with Crippen molar-refractivity contribution in [1.82, 2.24) is 0 Å². The smallest absolute Gasteiger partial charge is 0.131 e. The standard InChI is InChI=1S/C17H20N2O2/c1-12-5-7-15(9-13(12)2)19-18-11-14-6-8-16(20-3)10-17(14)21-4/h5-11,19H,1-4H3/b18-11+. The van der Waals surface area contributed by atoms with E-state index in [0.717, 1.165) is 22.7 Å². The van der Waals surface area contributed by atoms with E-state index in [1.165, 1.54) is 11.1 Å². The number of methoxy groups -OCH3 is 2. The molecular formula is C17H20N2O2. The minimum atomic E-state index is 0.722. The van der Waals surface area contributed by atoms with Gasteiger partial charge in [0.25, 0.3) is 0 Å². The van der Waals surface area contributed by atoms with Gasteiger partial charge in [0.2, 0.25) is 0 Å². The van der Waals surface area contributed by atoms with Gasteiger partial charge in [-0.3, -0.25) is 5.43 Å². The summed E-state index contributed by atoms with van der Waals surface area (Å²) >= 11 is 0. The molecular weight excluding hydrogens is 264 g/mol. The second kappa shape index (κ2) is 6.79. The molecule has 0 fully saturated rings. The van der Waals surface area contributed by atoms with Crippen LogP contribution >= 0.6 is 0 Å². The van der Waals surface area contributed by atoms with E-state index in [1.807, 2.05) is 24.3 Å². The van der Waals surface area contributed by atoms with Gasteiger partial charge in [-0.15, -0.1) is 0 Å². The normalized spacial score (nSPS) is 10.7. The molecule has 21 heavy (non-hydrogen) atoms. The van der Waals surface area contributed by atoms with Crippen LogP contribution in [0, 0.1) is 13.8 Å². The third kappa shape index (κ3) is 3.75. The van der Waals surface area contributed by atoms with Crippen LogP contribution < -0.4 is 14.9 Å². The number of anilines is 1. The lowest BCUT2D eigenvalue weighted by Gasteiger charge is -2.07. The lowest BCUT2D eigenvalue weighted by atomic mass is 10.1. The van der Waals surface area contributed by atoms with Crippen LogP contribution in [0.4, 0.5) is 5.69 Å². The molecule has 4 nitrogen and oxygen atoms in total. The molecule has 2 rings (SSSR count). The van der Waals surface area contributed by atoms with Crippen molar-refractivity contribution in [2.24, 2.45) is 5.10 Å². The Hall–Kier alpha value is -2.49. The van der Waals surface area contributed by atoms with Crippen LogP contribution in [0.15, 0.2) is 41.5 Å². The van der Waals surface area contributed by atoms with Crippen LogP contribution in [0.3, 0.4) is 0 Å². The Kier molecular flexibility index (Phi) is 4.82. The number of ether oxygens (including phenoxy) is 2. The lowest BCUT2D eigenvalue weighted by molar-refractivity contribution is 0.394. The molecule has 0 aliphatic rings. The number of nitrogens with one attached hydrogen (secondary N) is 1. The van der Waals surface area contributed by atoms with Gasteiger partial charge in [-0.05, 0) is 49.2 Å². The van der Waals surface area contributed by atoms with E-state index in [2.05, 4.69) is 36.5 Å². The highest BCUT2D eigenvalue weighted by Crippen LogP contribution is 2.23. The number of hydrogen-bond donors (Lipinski definition) is 1. The van der Waals surface area contributed by atoms with Crippen molar-refractivity contribution in [2.75, 3.05) is 19.6 Å². The van der Waals surface area contributed by atoms with Gasteiger partial charge in [-0.25, -0.2) is 0 Å². The summed E-state index contributed by atoms with van der Waals surface area (Å²) in [7, 11) is 3.26. The van der Waals surface area contributed by atoms with E-state index >= 15 is 0 Å². The maximum absolute atomic E-state index is 5.33. The number of benzene rings is 2. The van der Waals surface area contributed by atoms with Crippen molar-refractivity contribution in [3.05, 3.63) is 53.1 Å². The van der Waals surface area contributed by atoms with Crippen molar-refractivity contribution in [2.45, 2.75) is 13.8 Å². The Bertz CT molecular complexity index is 651. The molecule has 0 unspecified atom stereocenters. The molecule has 2 aromatic carbocycles. The van der Waals surface area contributed by atoms with Gasteiger partial charge in [0.1, 0.15) is 11.5 Å². The molecule has 0 aliphatic carbocycles. The average Bonchev–Trinajstić information content (AvgIpc) is 2.51. The van der Waals surface area contributed by atoms with Gasteiger partial charge in [-0.1, -0.05) is 6.07 Å². The molecule has 0 aliphatic heterocycles. The van der Waals surface area contributed by atoms with E-state index in [-0.39, 0.29) is 0 Å². The van der Waals surface area contributed by atoms with Gasteiger partial charge >= 0.3 is 0 Å². The zero-order valence-electron chi connectivity index (χ0n) is 12.8. The van der Waals surface area contributed by atoms with Crippen molar-refractivity contribution in [1.29, 1.82) is 0 Å². The molecule has 0 spiro atoms. The predicted octanol–water partition coefficient (Wildman–Crippen LogP) is 3.77. The highest BCUT2D eigenvalue weighted by molar-refractivity contribution is 5.84. The van der Waals surface area contributed by atoms with E-state index in [4.69, 9.17) is 9.47 Å². The molecule has 110 valence electrons. The van der Waals surface area contributed by atoms with Crippen LogP contribution in [0.1, 0.15) is 16.7 Å². The lowest BCUT2D eigenvalue weighted by Crippen LogP contribution is -1.95. The molecule has 4 heteroatoms. The molecule has 0 saturated heterocycles. The molecule has 0 radical (unpaired) electrons. The monoisotopic (exact) mass is 284 g/mol. The summed E-state index contributed by atoms with van der Waals surface area (Å²) < 4.78 is 10.5. The Morgan fingerprint density at radius 2 is 1.76 bits per heavy atom. The van der Waals surface area contributed by atoms with Crippen molar-refractivity contribution >= 4 is 11.9 Å². The topological polar surface area (TPSA) is 42.8 Å². The third-order valence-corrected chi connectivity index (χ3v) is 3.34. The highest BCUT2D eigenvalue weighted by atomic mass is 16.5. The average molecular weight is 284 g/mol. The molecule has 0 aromatic heterocycles. The number of hydrazone groups is 1. The van der Waals surface area contributed by atoms with Crippen LogP contribution in [0.2, 0.25) is 0 Å². The minimum Gasteiger partial charge on any atom is -0.497 e. The second-order valence-electron chi connectivity index (χ2n) is 4.78. The summed E-state index contributed by atoms with van der Waals surface area (Å²) in [5, 5.41) is 4.25. The van der Waals surface area contributed by atoms with Crippen molar-refractivity contribution in [3.63, 3.8) is 0 Å². The molecule has 0 atom stereocenters. The summed E-state index contributed by atoms with van der Waals surface area (Å²) in [6.07, 6.45) is 1.73. The highest BCUT2D eigenvalue weighted by Gasteiger charge is 2.02. The summed E-state index contributed by atoms with van der Waals surface area (Å²) in [5.41, 5.74) is 7.37. The fourth-order valence-electron chi connectivity index (χ4n) is 1.91. The number of nitrogens with zero attached hydrogens (tertiary/aromatic N) is 1. The van der Waals surface area contributed by atoms with Crippen molar-refractivity contribution < 1.29 is 9.47 Å². The summed E-state index contributed by atoms with van der Waals surface area (Å²) in [5.74, 6) is 1.48. The molecule has 0 heterocycles. The molecule has 0 amide bonds. The van der Waals surface area contributed by atoms with Gasteiger partial charge in [0.15, 0.2) is 0 Å². The van der Waals surface area contributed by atoms with E-state index in [1.54, 1.807) is 20.4 Å². The summed E-state index contributed by atoms with van der Waals surface area (Å²) in [6, 6.07) is 11.8. The van der Waals surface area contributed by atoms with Crippen LogP contribution in [0.25, 0.3) is 0 Å². The first kappa shape index (κ1) is 14.9. The Morgan fingerprint density at radius 1 is 0.952 bits per heavy atom. The van der Waals surface area contributed by atoms with Gasteiger partial charge < -0.3 is 9.47 Å². The van der Waals surface area contributed by atoms with E-state index in [0.29, 0.717) is 0 Å². The molecule has 0 saturated carbocycles. The Morgan fingerprint density at radius 3 is 2.43 bits per heavy atom. The molecule has 0 bridgehead atoms. The van der Waals surface area contributed by atoms with Crippen LogP contribution in [0.5, 0.6) is 11.5 Å². The fraction of sp³-hybridized carbons (Fsp3) is 0.235. The predicted molar refractivity (Wildman–Crippen MR) is 86.7 cm³/mol. The number of hydrogen-bond acceptors (Lipinski definition) is 4. The SMILES string of the molecule is COc1ccc(/C=N/Nc2ccc(C)c(C)c2)c(OC)c1. The quantitative estimate of drug-likeness (QED) is 0.671. The van der Waals surface area contributed by atoms with Crippen LogP contribution in [-0.4, -0.2) is 20.4 Å². The summed E-state index contributed by atoms with van der Waals surface area (Å²) in [6.45, 7) is 4.17. The third-order valence-electron chi connectivity index (χ3n) is 3.34. The maximum atomic E-state index is 5.33. The molecule has 1 N–H and O–H groups in total. The number of rotatable bonds is 5. The number of aryl methyl sites for hydroxylation is 2. The van der Waals surface area contributed by atoms with Crippen LogP contribution in [-0.2, 0) is 0 Å². The first-order chi connectivity index (χ1) is 10.1. The van der Waals surface area contributed by atoms with Gasteiger partial charge in [-0.2, -0.15) is 5.10 Å². The zero-order valence-corrected chi connectivity index (χ0v) is 12.8. The zero-order chi connectivity index (χ0) is 15.2.